The molecule has 0 aliphatic heterocycles. The zero-order valence-corrected chi connectivity index (χ0v) is 6.40. The van der Waals surface area contributed by atoms with Crippen molar-refractivity contribution in [3.63, 3.8) is 0 Å². The van der Waals surface area contributed by atoms with E-state index >= 15 is 0 Å². The third-order valence-electron chi connectivity index (χ3n) is 1.41. The standard InChI is InChI=1S/C7H15NO/c1-4-6(3)7(9)8-5-2/h6H,4-5H2,1-3H3,(H,8,9)/t6-/m0/s1. The Kier molecular flexibility index (Phi) is 4.10. The Hall–Kier alpha value is -0.530. The molecule has 0 aromatic rings. The van der Waals surface area contributed by atoms with Crippen molar-refractivity contribution in [2.75, 3.05) is 6.54 Å². The minimum atomic E-state index is 0.167. The second kappa shape index (κ2) is 4.36. The summed E-state index contributed by atoms with van der Waals surface area (Å²) in [5.74, 6) is 0.338. The molecule has 0 spiro atoms. The molecule has 0 saturated carbocycles. The second-order valence-corrected chi connectivity index (χ2v) is 2.20. The van der Waals surface area contributed by atoms with E-state index in [2.05, 4.69) is 5.32 Å². The van der Waals surface area contributed by atoms with E-state index < -0.39 is 0 Å². The number of nitrogens with one attached hydrogen (secondary N) is 1. The van der Waals surface area contributed by atoms with Gasteiger partial charge in [-0.15, -0.1) is 0 Å². The molecule has 0 unspecified atom stereocenters. The highest BCUT2D eigenvalue weighted by Gasteiger charge is 2.06. The molecule has 0 radical (unpaired) electrons. The zero-order valence-electron chi connectivity index (χ0n) is 6.40. The molecule has 0 aliphatic rings. The van der Waals surface area contributed by atoms with E-state index in [9.17, 15) is 4.79 Å². The number of amides is 1. The molecule has 0 heterocycles. The van der Waals surface area contributed by atoms with Crippen LogP contribution in [0.2, 0.25) is 0 Å². The summed E-state index contributed by atoms with van der Waals surface area (Å²) in [6.07, 6.45) is 0.922. The van der Waals surface area contributed by atoms with Crippen LogP contribution in [0.1, 0.15) is 27.2 Å². The van der Waals surface area contributed by atoms with Crippen LogP contribution >= 0.6 is 0 Å². The van der Waals surface area contributed by atoms with Crippen LogP contribution in [0.5, 0.6) is 0 Å². The predicted molar refractivity (Wildman–Crippen MR) is 38.1 cm³/mol. The van der Waals surface area contributed by atoms with Crippen molar-refractivity contribution in [3.05, 3.63) is 0 Å². The van der Waals surface area contributed by atoms with Gasteiger partial charge in [0.25, 0.3) is 0 Å². The molecule has 1 atom stereocenters. The number of hydrogen-bond donors (Lipinski definition) is 1. The van der Waals surface area contributed by atoms with Crippen LogP contribution in [0.15, 0.2) is 0 Å². The highest BCUT2D eigenvalue weighted by Crippen LogP contribution is 1.98. The third-order valence-corrected chi connectivity index (χ3v) is 1.41. The predicted octanol–water partition coefficient (Wildman–Crippen LogP) is 1.17. The van der Waals surface area contributed by atoms with Gasteiger partial charge in [-0.3, -0.25) is 4.79 Å². The van der Waals surface area contributed by atoms with E-state index in [0.717, 1.165) is 13.0 Å². The Balaban J connectivity index is 3.46. The minimum absolute atomic E-state index is 0.167. The molecule has 0 fully saturated rings. The number of carbonyl (C=O) groups is 1. The summed E-state index contributed by atoms with van der Waals surface area (Å²) in [7, 11) is 0. The molecule has 0 saturated heterocycles. The molecule has 54 valence electrons. The van der Waals surface area contributed by atoms with Crippen molar-refractivity contribution < 1.29 is 4.79 Å². The van der Waals surface area contributed by atoms with Gasteiger partial charge in [0, 0.05) is 12.5 Å². The van der Waals surface area contributed by atoms with Crippen LogP contribution in [-0.4, -0.2) is 12.5 Å². The quantitative estimate of drug-likeness (QED) is 0.609. The van der Waals surface area contributed by atoms with Gasteiger partial charge in [-0.1, -0.05) is 13.8 Å². The summed E-state index contributed by atoms with van der Waals surface area (Å²) in [6, 6.07) is 0. The lowest BCUT2D eigenvalue weighted by Crippen LogP contribution is -2.28. The SMILES string of the molecule is CCNC(=O)[C@@H](C)CC. The lowest BCUT2D eigenvalue weighted by molar-refractivity contribution is -0.124. The van der Waals surface area contributed by atoms with Gasteiger partial charge in [0.1, 0.15) is 0 Å². The van der Waals surface area contributed by atoms with Crippen molar-refractivity contribution in [2.24, 2.45) is 5.92 Å². The molecule has 0 aliphatic carbocycles. The maximum absolute atomic E-state index is 10.9. The van der Waals surface area contributed by atoms with Crippen molar-refractivity contribution >= 4 is 5.91 Å². The Morgan fingerprint density at radius 1 is 1.56 bits per heavy atom. The van der Waals surface area contributed by atoms with Gasteiger partial charge in [-0.2, -0.15) is 0 Å². The van der Waals surface area contributed by atoms with Crippen molar-refractivity contribution in [3.8, 4) is 0 Å². The van der Waals surface area contributed by atoms with Crippen molar-refractivity contribution in [1.82, 2.24) is 5.32 Å². The van der Waals surface area contributed by atoms with E-state index in [0.29, 0.717) is 0 Å². The first-order chi connectivity index (χ1) is 4.22. The number of hydrogen-bond acceptors (Lipinski definition) is 1. The van der Waals surface area contributed by atoms with Crippen LogP contribution in [-0.2, 0) is 4.79 Å². The first-order valence-electron chi connectivity index (χ1n) is 3.50. The number of carbonyl (C=O) groups excluding carboxylic acids is 1. The fourth-order valence-corrected chi connectivity index (χ4v) is 0.534. The summed E-state index contributed by atoms with van der Waals surface area (Å²) in [5, 5.41) is 2.76. The lowest BCUT2D eigenvalue weighted by atomic mass is 10.1. The average Bonchev–Trinajstić information content (AvgIpc) is 1.87. The summed E-state index contributed by atoms with van der Waals surface area (Å²) < 4.78 is 0. The summed E-state index contributed by atoms with van der Waals surface area (Å²) in [5.41, 5.74) is 0. The molecule has 0 aromatic heterocycles. The fourth-order valence-electron chi connectivity index (χ4n) is 0.534. The largest absolute Gasteiger partial charge is 0.356 e. The topological polar surface area (TPSA) is 29.1 Å². The van der Waals surface area contributed by atoms with Crippen LogP contribution in [0, 0.1) is 5.92 Å². The van der Waals surface area contributed by atoms with Gasteiger partial charge in [-0.05, 0) is 13.3 Å². The molecule has 2 heteroatoms. The maximum atomic E-state index is 10.9. The molecular formula is C7H15NO. The van der Waals surface area contributed by atoms with Crippen molar-refractivity contribution in [2.45, 2.75) is 27.2 Å². The highest BCUT2D eigenvalue weighted by molar-refractivity contribution is 5.78. The first kappa shape index (κ1) is 8.47. The van der Waals surface area contributed by atoms with E-state index in [-0.39, 0.29) is 11.8 Å². The molecule has 2 nitrogen and oxygen atoms in total. The summed E-state index contributed by atoms with van der Waals surface area (Å²) in [6.45, 7) is 6.62. The summed E-state index contributed by atoms with van der Waals surface area (Å²) >= 11 is 0. The van der Waals surface area contributed by atoms with E-state index in [1.165, 1.54) is 0 Å². The van der Waals surface area contributed by atoms with E-state index in [1.54, 1.807) is 0 Å². The summed E-state index contributed by atoms with van der Waals surface area (Å²) in [4.78, 5) is 10.9. The Morgan fingerprint density at radius 2 is 2.11 bits per heavy atom. The molecule has 0 aromatic carbocycles. The average molecular weight is 129 g/mol. The van der Waals surface area contributed by atoms with Gasteiger partial charge in [0.2, 0.25) is 5.91 Å². The normalized spacial score (nSPS) is 12.8. The van der Waals surface area contributed by atoms with Crippen molar-refractivity contribution in [1.29, 1.82) is 0 Å². The zero-order chi connectivity index (χ0) is 7.28. The van der Waals surface area contributed by atoms with Gasteiger partial charge in [-0.25, -0.2) is 0 Å². The van der Waals surface area contributed by atoms with Gasteiger partial charge < -0.3 is 5.32 Å². The number of rotatable bonds is 3. The van der Waals surface area contributed by atoms with Crippen LogP contribution in [0.25, 0.3) is 0 Å². The molecular weight excluding hydrogens is 114 g/mol. The monoisotopic (exact) mass is 129 g/mol. The Bertz CT molecular complexity index is 90.9. The van der Waals surface area contributed by atoms with Gasteiger partial charge in [0.15, 0.2) is 0 Å². The van der Waals surface area contributed by atoms with E-state index in [4.69, 9.17) is 0 Å². The van der Waals surface area contributed by atoms with E-state index in [1.807, 2.05) is 20.8 Å². The van der Waals surface area contributed by atoms with Crippen LogP contribution < -0.4 is 5.32 Å². The minimum Gasteiger partial charge on any atom is -0.356 e. The Labute approximate surface area is 56.6 Å². The first-order valence-corrected chi connectivity index (χ1v) is 3.50. The lowest BCUT2D eigenvalue weighted by Gasteiger charge is -2.06. The highest BCUT2D eigenvalue weighted by atomic mass is 16.1. The third kappa shape index (κ3) is 3.12. The molecule has 0 rings (SSSR count). The van der Waals surface area contributed by atoms with Crippen LogP contribution in [0.4, 0.5) is 0 Å². The van der Waals surface area contributed by atoms with Gasteiger partial charge in [0.05, 0.1) is 0 Å². The fraction of sp³-hybridized carbons (Fsp3) is 0.857. The van der Waals surface area contributed by atoms with Gasteiger partial charge >= 0.3 is 0 Å². The molecule has 1 amide bonds. The van der Waals surface area contributed by atoms with Crippen LogP contribution in [0.3, 0.4) is 0 Å². The second-order valence-electron chi connectivity index (χ2n) is 2.20. The molecule has 9 heavy (non-hydrogen) atoms. The Morgan fingerprint density at radius 3 is 2.44 bits per heavy atom. The maximum Gasteiger partial charge on any atom is 0.222 e. The smallest absolute Gasteiger partial charge is 0.222 e. The molecule has 1 N–H and O–H groups in total. The molecule has 0 bridgehead atoms.